The maximum atomic E-state index is 6.14. The number of nitrogens with zero attached hydrogens (tertiary/aromatic N) is 2. The van der Waals surface area contributed by atoms with Gasteiger partial charge in [0, 0.05) is 6.42 Å². The SMILES string of the molecule is COC1=N[C@H](C(C)C)C(OC)=N[C@H]1C[C@H]1CC=C(O[Si](C)(C)C)CC1. The Hall–Kier alpha value is -1.30. The minimum atomic E-state index is -1.50. The van der Waals surface area contributed by atoms with Crippen LogP contribution in [0.4, 0.5) is 0 Å². The number of rotatable bonds is 5. The van der Waals surface area contributed by atoms with Crippen molar-refractivity contribution in [2.24, 2.45) is 21.8 Å². The van der Waals surface area contributed by atoms with Crippen molar-refractivity contribution in [3.8, 4) is 0 Å². The monoisotopic (exact) mass is 366 g/mol. The second-order valence-electron chi connectivity index (χ2n) is 8.31. The highest BCUT2D eigenvalue weighted by molar-refractivity contribution is 6.70. The van der Waals surface area contributed by atoms with Gasteiger partial charge in [-0.2, -0.15) is 0 Å². The predicted octanol–water partition coefficient (Wildman–Crippen LogP) is 4.41. The molecule has 0 aromatic carbocycles. The number of allylic oxidation sites excluding steroid dienone is 2. The van der Waals surface area contributed by atoms with Crippen LogP contribution in [0.25, 0.3) is 0 Å². The van der Waals surface area contributed by atoms with Crippen LogP contribution in [0.15, 0.2) is 21.8 Å². The first kappa shape index (κ1) is 20.0. The lowest BCUT2D eigenvalue weighted by atomic mass is 9.87. The fraction of sp³-hybridized carbons (Fsp3) is 0.789. The van der Waals surface area contributed by atoms with E-state index in [4.69, 9.17) is 23.9 Å². The van der Waals surface area contributed by atoms with Crippen molar-refractivity contribution >= 4 is 20.1 Å². The van der Waals surface area contributed by atoms with Gasteiger partial charge in [-0.05, 0) is 56.8 Å². The van der Waals surface area contributed by atoms with E-state index in [0.717, 1.165) is 37.5 Å². The van der Waals surface area contributed by atoms with Crippen molar-refractivity contribution in [2.45, 2.75) is 71.3 Å². The lowest BCUT2D eigenvalue weighted by Gasteiger charge is -2.31. The summed E-state index contributed by atoms with van der Waals surface area (Å²) < 4.78 is 17.2. The Morgan fingerprint density at radius 1 is 1.12 bits per heavy atom. The van der Waals surface area contributed by atoms with Crippen LogP contribution < -0.4 is 0 Å². The van der Waals surface area contributed by atoms with E-state index in [1.165, 1.54) is 5.76 Å². The Morgan fingerprint density at radius 3 is 2.28 bits per heavy atom. The summed E-state index contributed by atoms with van der Waals surface area (Å²) in [7, 11) is 1.87. The third kappa shape index (κ3) is 5.59. The first-order valence-electron chi connectivity index (χ1n) is 9.35. The molecule has 0 aromatic rings. The van der Waals surface area contributed by atoms with E-state index in [1.54, 1.807) is 14.2 Å². The average molecular weight is 367 g/mol. The van der Waals surface area contributed by atoms with Crippen LogP contribution in [0.3, 0.4) is 0 Å². The van der Waals surface area contributed by atoms with E-state index >= 15 is 0 Å². The number of ether oxygens (including phenoxy) is 2. The van der Waals surface area contributed by atoms with Crippen LogP contribution in [-0.2, 0) is 13.9 Å². The Bertz CT molecular complexity index is 549. The van der Waals surface area contributed by atoms with Crippen molar-refractivity contribution in [2.75, 3.05) is 14.2 Å². The van der Waals surface area contributed by atoms with E-state index in [0.29, 0.717) is 11.8 Å². The van der Waals surface area contributed by atoms with Gasteiger partial charge in [-0.3, -0.25) is 0 Å². The third-order valence-corrected chi connectivity index (χ3v) is 5.48. The van der Waals surface area contributed by atoms with Crippen LogP contribution in [0.2, 0.25) is 19.6 Å². The third-order valence-electron chi connectivity index (χ3n) is 4.61. The minimum absolute atomic E-state index is 0.0344. The summed E-state index contributed by atoms with van der Waals surface area (Å²) in [5.74, 6) is 3.57. The van der Waals surface area contributed by atoms with Crippen molar-refractivity contribution in [3.05, 3.63) is 11.8 Å². The molecule has 0 saturated heterocycles. The van der Waals surface area contributed by atoms with Gasteiger partial charge in [0.25, 0.3) is 0 Å². The van der Waals surface area contributed by atoms with Crippen molar-refractivity contribution in [1.29, 1.82) is 0 Å². The summed E-state index contributed by atoms with van der Waals surface area (Å²) in [6.45, 7) is 10.9. The zero-order valence-electron chi connectivity index (χ0n) is 16.8. The van der Waals surface area contributed by atoms with Crippen LogP contribution in [-0.4, -0.2) is 46.4 Å². The highest BCUT2D eigenvalue weighted by atomic mass is 28.4. The smallest absolute Gasteiger partial charge is 0.241 e. The lowest BCUT2D eigenvalue weighted by molar-refractivity contribution is 0.305. The van der Waals surface area contributed by atoms with Gasteiger partial charge >= 0.3 is 0 Å². The van der Waals surface area contributed by atoms with E-state index in [-0.39, 0.29) is 12.1 Å². The molecule has 0 unspecified atom stereocenters. The molecule has 1 heterocycles. The molecule has 0 radical (unpaired) electrons. The molecule has 0 aromatic heterocycles. The maximum absolute atomic E-state index is 6.14. The summed E-state index contributed by atoms with van der Waals surface area (Å²) in [6.07, 6.45) is 6.42. The zero-order chi connectivity index (χ0) is 18.6. The summed E-state index contributed by atoms with van der Waals surface area (Å²) >= 11 is 0. The molecular formula is C19H34N2O3Si. The van der Waals surface area contributed by atoms with E-state index in [9.17, 15) is 0 Å². The van der Waals surface area contributed by atoms with Crippen molar-refractivity contribution < 1.29 is 13.9 Å². The Kier molecular flexibility index (Phi) is 6.71. The van der Waals surface area contributed by atoms with Crippen LogP contribution in [0.5, 0.6) is 0 Å². The number of hydrogen-bond acceptors (Lipinski definition) is 5. The minimum Gasteiger partial charge on any atom is -0.548 e. The van der Waals surface area contributed by atoms with Crippen LogP contribution in [0.1, 0.15) is 39.5 Å². The van der Waals surface area contributed by atoms with E-state index in [2.05, 4.69) is 39.6 Å². The number of aliphatic imine (C=N–C) groups is 2. The van der Waals surface area contributed by atoms with Crippen molar-refractivity contribution in [1.82, 2.24) is 0 Å². The predicted molar refractivity (Wildman–Crippen MR) is 106 cm³/mol. The van der Waals surface area contributed by atoms with Gasteiger partial charge < -0.3 is 13.9 Å². The standard InChI is InChI=1S/C19H34N2O3Si/c1-13(2)17-19(23-4)20-16(18(21-17)22-3)12-14-8-10-15(11-9-14)24-25(5,6)7/h10,13-14,16-17H,8-9,11-12H2,1-7H3/t14-,16-,17+/m0/s1. The molecule has 2 rings (SSSR count). The second kappa shape index (κ2) is 8.38. The molecule has 1 aliphatic heterocycles. The number of hydrogen-bond donors (Lipinski definition) is 0. The molecule has 0 fully saturated rings. The Labute approximate surface area is 153 Å². The summed E-state index contributed by atoms with van der Waals surface area (Å²) in [6, 6.07) is -0.0768. The maximum Gasteiger partial charge on any atom is 0.241 e. The molecule has 0 bridgehead atoms. The fourth-order valence-corrected chi connectivity index (χ4v) is 4.37. The molecule has 25 heavy (non-hydrogen) atoms. The molecule has 0 amide bonds. The van der Waals surface area contributed by atoms with Gasteiger partial charge in [0.15, 0.2) is 0 Å². The normalized spacial score (nSPS) is 27.4. The second-order valence-corrected chi connectivity index (χ2v) is 12.7. The van der Waals surface area contributed by atoms with Crippen molar-refractivity contribution in [3.63, 3.8) is 0 Å². The van der Waals surface area contributed by atoms with Gasteiger partial charge in [-0.1, -0.05) is 13.8 Å². The van der Waals surface area contributed by atoms with Gasteiger partial charge in [-0.25, -0.2) is 9.98 Å². The number of methoxy groups -OCH3 is 2. The van der Waals surface area contributed by atoms with E-state index < -0.39 is 8.32 Å². The largest absolute Gasteiger partial charge is 0.548 e. The fourth-order valence-electron chi connectivity index (χ4n) is 3.39. The lowest BCUT2D eigenvalue weighted by Crippen LogP contribution is -2.38. The molecule has 142 valence electrons. The molecule has 1 aliphatic carbocycles. The van der Waals surface area contributed by atoms with Crippen LogP contribution >= 0.6 is 0 Å². The zero-order valence-corrected chi connectivity index (χ0v) is 17.8. The van der Waals surface area contributed by atoms with Gasteiger partial charge in [0.05, 0.1) is 20.0 Å². The molecule has 2 aliphatic rings. The van der Waals surface area contributed by atoms with Gasteiger partial charge in [-0.15, -0.1) is 0 Å². The highest BCUT2D eigenvalue weighted by Crippen LogP contribution is 2.31. The summed E-state index contributed by atoms with van der Waals surface area (Å²) in [5.41, 5.74) is 0. The molecule has 3 atom stereocenters. The molecule has 5 nitrogen and oxygen atoms in total. The summed E-state index contributed by atoms with van der Waals surface area (Å²) in [5, 5.41) is 0. The Morgan fingerprint density at radius 2 is 1.80 bits per heavy atom. The highest BCUT2D eigenvalue weighted by Gasteiger charge is 2.33. The van der Waals surface area contributed by atoms with E-state index in [1.807, 2.05) is 0 Å². The average Bonchev–Trinajstić information content (AvgIpc) is 2.54. The first-order chi connectivity index (χ1) is 11.7. The molecular weight excluding hydrogens is 332 g/mol. The quantitative estimate of drug-likeness (QED) is 0.677. The molecule has 0 spiro atoms. The molecule has 6 heteroatoms. The van der Waals surface area contributed by atoms with Gasteiger partial charge in [0.2, 0.25) is 20.1 Å². The molecule has 0 N–H and O–H groups in total. The Balaban J connectivity index is 2.02. The first-order valence-corrected chi connectivity index (χ1v) is 12.8. The van der Waals surface area contributed by atoms with Gasteiger partial charge in [0.1, 0.15) is 12.1 Å². The molecule has 0 saturated carbocycles. The van der Waals surface area contributed by atoms with Crippen LogP contribution in [0, 0.1) is 11.8 Å². The topological polar surface area (TPSA) is 52.4 Å². The summed E-state index contributed by atoms with van der Waals surface area (Å²) in [4.78, 5) is 9.59.